The van der Waals surface area contributed by atoms with Gasteiger partial charge in [-0.05, 0) is 37.5 Å². The Morgan fingerprint density at radius 1 is 1.47 bits per heavy atom. The molecule has 0 bridgehead atoms. The van der Waals surface area contributed by atoms with Crippen LogP contribution in [0.15, 0.2) is 36.8 Å². The zero-order chi connectivity index (χ0) is 13.2. The summed E-state index contributed by atoms with van der Waals surface area (Å²) in [6.07, 6.45) is 6.32. The molecule has 1 saturated carbocycles. The molecule has 3 rings (SSSR count). The summed E-state index contributed by atoms with van der Waals surface area (Å²) >= 11 is 0. The summed E-state index contributed by atoms with van der Waals surface area (Å²) in [5.74, 6) is -0.186. The van der Waals surface area contributed by atoms with Gasteiger partial charge in [0.1, 0.15) is 5.82 Å². The van der Waals surface area contributed by atoms with Gasteiger partial charge in [-0.15, -0.1) is 0 Å². The van der Waals surface area contributed by atoms with Crippen LogP contribution in [-0.2, 0) is 6.54 Å². The maximum Gasteiger partial charge on any atom is 0.123 e. The van der Waals surface area contributed by atoms with Gasteiger partial charge in [-0.25, -0.2) is 9.37 Å². The van der Waals surface area contributed by atoms with Gasteiger partial charge in [0.25, 0.3) is 0 Å². The van der Waals surface area contributed by atoms with E-state index in [1.165, 1.54) is 24.6 Å². The van der Waals surface area contributed by atoms with Gasteiger partial charge in [0.05, 0.1) is 12.0 Å². The quantitative estimate of drug-likeness (QED) is 0.893. The maximum atomic E-state index is 13.2. The molecule has 0 aliphatic heterocycles. The minimum absolute atomic E-state index is 0.123. The van der Waals surface area contributed by atoms with Gasteiger partial charge in [-0.3, -0.25) is 0 Å². The van der Waals surface area contributed by atoms with Crippen LogP contribution < -0.4 is 5.32 Å². The van der Waals surface area contributed by atoms with Gasteiger partial charge in [-0.1, -0.05) is 12.1 Å². The highest BCUT2D eigenvalue weighted by atomic mass is 19.1. The average molecular weight is 259 g/mol. The number of imidazole rings is 1. The second-order valence-electron chi connectivity index (χ2n) is 5.18. The molecule has 100 valence electrons. The van der Waals surface area contributed by atoms with Crippen LogP contribution in [-0.4, -0.2) is 9.55 Å². The molecule has 1 N–H and O–H groups in total. The van der Waals surface area contributed by atoms with Crippen molar-refractivity contribution < 1.29 is 4.39 Å². The van der Waals surface area contributed by atoms with Crippen LogP contribution in [0.3, 0.4) is 0 Å². The molecule has 19 heavy (non-hydrogen) atoms. The van der Waals surface area contributed by atoms with Gasteiger partial charge in [0.2, 0.25) is 0 Å². The summed E-state index contributed by atoms with van der Waals surface area (Å²) in [5, 5.41) is 3.42. The van der Waals surface area contributed by atoms with E-state index in [1.807, 2.05) is 25.5 Å². The van der Waals surface area contributed by atoms with Crippen molar-refractivity contribution in [3.8, 4) is 0 Å². The standard InChI is InChI=1S/C15H18FN3/c1-11(12-3-2-4-13(16)7-12)18-9-15-8-17-10-19(15)14-5-6-14/h2-4,7-8,10-11,14,18H,5-6,9H2,1H3/t11-/m1/s1. The summed E-state index contributed by atoms with van der Waals surface area (Å²) in [6, 6.07) is 7.51. The van der Waals surface area contributed by atoms with Gasteiger partial charge in [0.15, 0.2) is 0 Å². The maximum absolute atomic E-state index is 13.2. The monoisotopic (exact) mass is 259 g/mol. The molecule has 4 heteroatoms. The molecule has 0 amide bonds. The van der Waals surface area contributed by atoms with Crippen LogP contribution in [0.4, 0.5) is 4.39 Å². The van der Waals surface area contributed by atoms with Crippen LogP contribution in [0.1, 0.15) is 43.1 Å². The van der Waals surface area contributed by atoms with Crippen molar-refractivity contribution in [1.82, 2.24) is 14.9 Å². The van der Waals surface area contributed by atoms with Crippen LogP contribution in [0.25, 0.3) is 0 Å². The molecule has 1 fully saturated rings. The predicted molar refractivity (Wildman–Crippen MR) is 72.2 cm³/mol. The third kappa shape index (κ3) is 2.84. The topological polar surface area (TPSA) is 29.9 Å². The Bertz CT molecular complexity index is 560. The van der Waals surface area contributed by atoms with Gasteiger partial charge in [0, 0.05) is 24.8 Å². The SMILES string of the molecule is C[C@@H](NCc1cncn1C1CC1)c1cccc(F)c1. The highest BCUT2D eigenvalue weighted by Gasteiger charge is 2.25. The van der Waals surface area contributed by atoms with Crippen molar-refractivity contribution in [3.05, 3.63) is 53.9 Å². The highest BCUT2D eigenvalue weighted by molar-refractivity contribution is 5.19. The number of aromatic nitrogens is 2. The minimum Gasteiger partial charge on any atom is -0.330 e. The largest absolute Gasteiger partial charge is 0.330 e. The van der Waals surface area contributed by atoms with Crippen LogP contribution in [0.2, 0.25) is 0 Å². The number of hydrogen-bond acceptors (Lipinski definition) is 2. The van der Waals surface area contributed by atoms with Crippen molar-refractivity contribution in [1.29, 1.82) is 0 Å². The lowest BCUT2D eigenvalue weighted by molar-refractivity contribution is 0.542. The van der Waals surface area contributed by atoms with Crippen molar-refractivity contribution in [3.63, 3.8) is 0 Å². The number of nitrogens with zero attached hydrogens (tertiary/aromatic N) is 2. The number of benzene rings is 1. The number of halogens is 1. The zero-order valence-corrected chi connectivity index (χ0v) is 11.0. The van der Waals surface area contributed by atoms with E-state index in [0.717, 1.165) is 12.1 Å². The Morgan fingerprint density at radius 3 is 3.05 bits per heavy atom. The molecular formula is C15H18FN3. The second-order valence-corrected chi connectivity index (χ2v) is 5.18. The molecule has 1 aliphatic carbocycles. The van der Waals surface area contributed by atoms with Gasteiger partial charge in [-0.2, -0.15) is 0 Å². The summed E-state index contributed by atoms with van der Waals surface area (Å²) in [7, 11) is 0. The highest BCUT2D eigenvalue weighted by Crippen LogP contribution is 2.35. The molecule has 0 radical (unpaired) electrons. The Morgan fingerprint density at radius 2 is 2.32 bits per heavy atom. The van der Waals surface area contributed by atoms with Crippen molar-refractivity contribution >= 4 is 0 Å². The smallest absolute Gasteiger partial charge is 0.123 e. The minimum atomic E-state index is -0.186. The van der Waals surface area contributed by atoms with E-state index in [0.29, 0.717) is 6.04 Å². The molecule has 1 atom stereocenters. The first kappa shape index (κ1) is 12.4. The van der Waals surface area contributed by atoms with Crippen molar-refractivity contribution in [2.75, 3.05) is 0 Å². The molecule has 1 aromatic heterocycles. The van der Waals surface area contributed by atoms with E-state index in [2.05, 4.69) is 14.9 Å². The first-order chi connectivity index (χ1) is 9.24. The van der Waals surface area contributed by atoms with E-state index in [4.69, 9.17) is 0 Å². The lowest BCUT2D eigenvalue weighted by Crippen LogP contribution is -2.20. The fraction of sp³-hybridized carbons (Fsp3) is 0.400. The van der Waals surface area contributed by atoms with E-state index < -0.39 is 0 Å². The molecule has 3 nitrogen and oxygen atoms in total. The third-order valence-corrected chi connectivity index (χ3v) is 3.62. The lowest BCUT2D eigenvalue weighted by Gasteiger charge is -2.15. The zero-order valence-electron chi connectivity index (χ0n) is 11.0. The molecule has 1 aromatic carbocycles. The Labute approximate surface area is 112 Å². The first-order valence-electron chi connectivity index (χ1n) is 6.73. The molecule has 0 unspecified atom stereocenters. The number of hydrogen-bond donors (Lipinski definition) is 1. The summed E-state index contributed by atoms with van der Waals surface area (Å²) in [4.78, 5) is 4.21. The van der Waals surface area contributed by atoms with Crippen LogP contribution >= 0.6 is 0 Å². The Hall–Kier alpha value is -1.68. The molecule has 1 heterocycles. The van der Waals surface area contributed by atoms with E-state index in [1.54, 1.807) is 12.1 Å². The number of rotatable bonds is 5. The lowest BCUT2D eigenvalue weighted by atomic mass is 10.1. The predicted octanol–water partition coefficient (Wildman–Crippen LogP) is 3.21. The normalized spacial score (nSPS) is 16.5. The van der Waals surface area contributed by atoms with E-state index >= 15 is 0 Å². The molecule has 0 saturated heterocycles. The Kier molecular flexibility index (Phi) is 3.34. The van der Waals surface area contributed by atoms with Crippen LogP contribution in [0, 0.1) is 5.82 Å². The second kappa shape index (κ2) is 5.13. The molecule has 2 aromatic rings. The summed E-state index contributed by atoms with van der Waals surface area (Å²) in [6.45, 7) is 2.81. The molecule has 0 spiro atoms. The third-order valence-electron chi connectivity index (χ3n) is 3.62. The van der Waals surface area contributed by atoms with E-state index in [9.17, 15) is 4.39 Å². The summed E-state index contributed by atoms with van der Waals surface area (Å²) < 4.78 is 15.4. The van der Waals surface area contributed by atoms with Crippen molar-refractivity contribution in [2.45, 2.75) is 38.4 Å². The fourth-order valence-corrected chi connectivity index (χ4v) is 2.30. The fourth-order valence-electron chi connectivity index (χ4n) is 2.30. The first-order valence-corrected chi connectivity index (χ1v) is 6.73. The van der Waals surface area contributed by atoms with Gasteiger partial charge < -0.3 is 9.88 Å². The van der Waals surface area contributed by atoms with E-state index in [-0.39, 0.29) is 11.9 Å². The molecule has 1 aliphatic rings. The Balaban J connectivity index is 1.63. The summed E-state index contributed by atoms with van der Waals surface area (Å²) in [5.41, 5.74) is 2.17. The van der Waals surface area contributed by atoms with Gasteiger partial charge >= 0.3 is 0 Å². The van der Waals surface area contributed by atoms with Crippen molar-refractivity contribution in [2.24, 2.45) is 0 Å². The average Bonchev–Trinajstić information content (AvgIpc) is 3.15. The number of nitrogens with one attached hydrogen (secondary N) is 1. The molecular weight excluding hydrogens is 241 g/mol. The van der Waals surface area contributed by atoms with Crippen LogP contribution in [0.5, 0.6) is 0 Å².